The summed E-state index contributed by atoms with van der Waals surface area (Å²) in [6.45, 7) is 4.35. The molecule has 3 atom stereocenters. The monoisotopic (exact) mass is 315 g/mol. The zero-order valence-corrected chi connectivity index (χ0v) is 13.6. The van der Waals surface area contributed by atoms with Gasteiger partial charge in [0.05, 0.1) is 0 Å². The molecule has 3 saturated heterocycles. The number of piperidine rings is 3. The average molecular weight is 315 g/mol. The number of rotatable bonds is 4. The van der Waals surface area contributed by atoms with Crippen molar-refractivity contribution < 1.29 is 14.6 Å². The van der Waals surface area contributed by atoms with E-state index in [2.05, 4.69) is 11.8 Å². The van der Waals surface area contributed by atoms with Crippen LogP contribution in [0.5, 0.6) is 0 Å². The van der Waals surface area contributed by atoms with E-state index < -0.39 is 11.6 Å². The lowest BCUT2D eigenvalue weighted by Gasteiger charge is -2.49. The first-order valence-corrected chi connectivity index (χ1v) is 8.83. The molecule has 0 spiro atoms. The second-order valence-electron chi connectivity index (χ2n) is 7.39. The van der Waals surface area contributed by atoms with Gasteiger partial charge in [0.25, 0.3) is 0 Å². The van der Waals surface area contributed by atoms with Crippen LogP contribution in [0.4, 0.5) is 0 Å². The fraction of sp³-hybridized carbons (Fsp3) is 0.632. The van der Waals surface area contributed by atoms with Gasteiger partial charge in [0.15, 0.2) is 5.60 Å². The van der Waals surface area contributed by atoms with E-state index in [4.69, 9.17) is 4.74 Å². The Morgan fingerprint density at radius 1 is 1.17 bits per heavy atom. The van der Waals surface area contributed by atoms with Gasteiger partial charge in [-0.05, 0) is 57.2 Å². The molecule has 2 bridgehead atoms. The Morgan fingerprint density at radius 3 is 2.39 bits per heavy atom. The first kappa shape index (κ1) is 15.2. The number of ether oxygens (including phenoxy) is 1. The molecule has 3 aliphatic heterocycles. The molecule has 1 saturated carbocycles. The van der Waals surface area contributed by atoms with E-state index in [9.17, 15) is 9.90 Å². The molecule has 23 heavy (non-hydrogen) atoms. The third-order valence-electron chi connectivity index (χ3n) is 6.03. The molecule has 1 unspecified atom stereocenters. The second kappa shape index (κ2) is 5.60. The molecule has 3 heterocycles. The predicted octanol–water partition coefficient (Wildman–Crippen LogP) is 2.31. The molecule has 4 fully saturated rings. The Balaban J connectivity index is 1.57. The molecule has 124 valence electrons. The van der Waals surface area contributed by atoms with Crippen LogP contribution < -0.4 is 0 Å². The van der Waals surface area contributed by atoms with Gasteiger partial charge >= 0.3 is 5.97 Å². The van der Waals surface area contributed by atoms with E-state index in [1.807, 2.05) is 30.3 Å². The quantitative estimate of drug-likeness (QED) is 0.866. The molecule has 1 aromatic carbocycles. The maximum Gasteiger partial charge on any atom is 0.343 e. The van der Waals surface area contributed by atoms with Crippen molar-refractivity contribution in [2.75, 3.05) is 13.1 Å². The van der Waals surface area contributed by atoms with Gasteiger partial charge < -0.3 is 9.84 Å². The molecule has 4 heteroatoms. The van der Waals surface area contributed by atoms with E-state index in [1.54, 1.807) is 0 Å². The third-order valence-corrected chi connectivity index (χ3v) is 6.03. The highest BCUT2D eigenvalue weighted by atomic mass is 16.6. The Labute approximate surface area is 137 Å². The van der Waals surface area contributed by atoms with Crippen LogP contribution in [-0.4, -0.2) is 41.2 Å². The number of benzene rings is 1. The van der Waals surface area contributed by atoms with Crippen molar-refractivity contribution in [2.24, 2.45) is 11.8 Å². The molecule has 1 aliphatic carbocycles. The largest absolute Gasteiger partial charge is 0.458 e. The van der Waals surface area contributed by atoms with Crippen molar-refractivity contribution in [2.45, 2.75) is 50.4 Å². The summed E-state index contributed by atoms with van der Waals surface area (Å²) >= 11 is 0. The van der Waals surface area contributed by atoms with Gasteiger partial charge in [-0.2, -0.15) is 0 Å². The number of nitrogens with zero attached hydrogens (tertiary/aromatic N) is 1. The molecular weight excluding hydrogens is 290 g/mol. The lowest BCUT2D eigenvalue weighted by atomic mass is 9.81. The van der Waals surface area contributed by atoms with Gasteiger partial charge in [-0.1, -0.05) is 30.3 Å². The Morgan fingerprint density at radius 2 is 1.83 bits per heavy atom. The van der Waals surface area contributed by atoms with Gasteiger partial charge in [-0.15, -0.1) is 0 Å². The standard InChI is InChI=1S/C19H25NO3/c1-13-17(14-9-11-20(13)12-10-14)23-18(21)19(22,16-7-8-16)15-5-3-2-4-6-15/h2-6,13-14,16-17,22H,7-12H2,1H3/t13-,17+,19?/m1/s1. The summed E-state index contributed by atoms with van der Waals surface area (Å²) in [4.78, 5) is 15.3. The number of carbonyl (C=O) groups is 1. The molecule has 0 amide bonds. The minimum absolute atomic E-state index is 0.00575. The van der Waals surface area contributed by atoms with E-state index in [0.29, 0.717) is 11.5 Å². The maximum absolute atomic E-state index is 12.9. The normalized spacial score (nSPS) is 35.6. The van der Waals surface area contributed by atoms with Crippen LogP contribution in [0.1, 0.15) is 38.2 Å². The lowest BCUT2D eigenvalue weighted by Crippen LogP contribution is -2.59. The summed E-state index contributed by atoms with van der Waals surface area (Å²) in [5, 5.41) is 11.2. The highest BCUT2D eigenvalue weighted by Crippen LogP contribution is 2.47. The van der Waals surface area contributed by atoms with Crippen molar-refractivity contribution in [1.29, 1.82) is 0 Å². The topological polar surface area (TPSA) is 49.8 Å². The summed E-state index contributed by atoms with van der Waals surface area (Å²) in [7, 11) is 0. The molecule has 5 rings (SSSR count). The van der Waals surface area contributed by atoms with Gasteiger partial charge in [0.2, 0.25) is 0 Å². The first-order chi connectivity index (χ1) is 11.1. The maximum atomic E-state index is 12.9. The predicted molar refractivity (Wildman–Crippen MR) is 86.7 cm³/mol. The summed E-state index contributed by atoms with van der Waals surface area (Å²) in [6.07, 6.45) is 3.87. The molecule has 1 aromatic rings. The summed E-state index contributed by atoms with van der Waals surface area (Å²) in [5.74, 6) is -0.0104. The van der Waals surface area contributed by atoms with E-state index in [1.165, 1.54) is 0 Å². The van der Waals surface area contributed by atoms with Crippen molar-refractivity contribution in [3.63, 3.8) is 0 Å². The highest BCUT2D eigenvalue weighted by Gasteiger charge is 2.54. The van der Waals surface area contributed by atoms with Crippen LogP contribution in [0.15, 0.2) is 30.3 Å². The lowest BCUT2D eigenvalue weighted by molar-refractivity contribution is -0.189. The Hall–Kier alpha value is -1.39. The van der Waals surface area contributed by atoms with Crippen LogP contribution in [0.2, 0.25) is 0 Å². The number of carbonyl (C=O) groups excluding carboxylic acids is 1. The fourth-order valence-corrected chi connectivity index (χ4v) is 4.38. The number of fused-ring (bicyclic) bond motifs is 3. The van der Waals surface area contributed by atoms with Crippen molar-refractivity contribution in [3.8, 4) is 0 Å². The van der Waals surface area contributed by atoms with E-state index in [-0.39, 0.29) is 18.1 Å². The van der Waals surface area contributed by atoms with E-state index in [0.717, 1.165) is 38.8 Å². The fourth-order valence-electron chi connectivity index (χ4n) is 4.38. The van der Waals surface area contributed by atoms with Crippen LogP contribution >= 0.6 is 0 Å². The third kappa shape index (κ3) is 2.48. The first-order valence-electron chi connectivity index (χ1n) is 8.83. The van der Waals surface area contributed by atoms with Crippen LogP contribution in [-0.2, 0) is 15.1 Å². The number of hydrogen-bond acceptors (Lipinski definition) is 4. The average Bonchev–Trinajstić information content (AvgIpc) is 3.44. The summed E-state index contributed by atoms with van der Waals surface area (Å²) in [5.41, 5.74) is -0.811. The molecule has 4 aliphatic rings. The molecule has 0 aromatic heterocycles. The van der Waals surface area contributed by atoms with Gasteiger partial charge in [0, 0.05) is 12.0 Å². The molecular formula is C19H25NO3. The summed E-state index contributed by atoms with van der Waals surface area (Å²) in [6, 6.07) is 9.56. The minimum Gasteiger partial charge on any atom is -0.458 e. The van der Waals surface area contributed by atoms with Crippen molar-refractivity contribution in [1.82, 2.24) is 4.90 Å². The molecule has 1 N–H and O–H groups in total. The van der Waals surface area contributed by atoms with Crippen LogP contribution in [0, 0.1) is 11.8 Å². The number of esters is 1. The van der Waals surface area contributed by atoms with Crippen molar-refractivity contribution in [3.05, 3.63) is 35.9 Å². The highest BCUT2D eigenvalue weighted by molar-refractivity contribution is 5.82. The van der Waals surface area contributed by atoms with Gasteiger partial charge in [0.1, 0.15) is 6.10 Å². The Bertz CT molecular complexity index is 576. The molecule has 0 radical (unpaired) electrons. The second-order valence-corrected chi connectivity index (χ2v) is 7.39. The number of hydrogen-bond donors (Lipinski definition) is 1. The zero-order chi connectivity index (χ0) is 16.0. The number of aliphatic hydroxyl groups is 1. The SMILES string of the molecule is C[C@@H]1[C@H](OC(=O)C(O)(c2ccccc2)C2CC2)C2CCN1CC2. The minimum atomic E-state index is -1.48. The van der Waals surface area contributed by atoms with Gasteiger partial charge in [-0.3, -0.25) is 4.90 Å². The van der Waals surface area contributed by atoms with Crippen LogP contribution in [0.3, 0.4) is 0 Å². The van der Waals surface area contributed by atoms with Gasteiger partial charge in [-0.25, -0.2) is 4.79 Å². The van der Waals surface area contributed by atoms with E-state index >= 15 is 0 Å². The zero-order valence-electron chi connectivity index (χ0n) is 13.6. The van der Waals surface area contributed by atoms with Crippen LogP contribution in [0.25, 0.3) is 0 Å². The van der Waals surface area contributed by atoms with Crippen molar-refractivity contribution >= 4 is 5.97 Å². The Kier molecular flexibility index (Phi) is 3.69. The summed E-state index contributed by atoms with van der Waals surface area (Å²) < 4.78 is 5.93. The smallest absolute Gasteiger partial charge is 0.343 e. The molecule has 4 nitrogen and oxygen atoms in total.